The Bertz CT molecular complexity index is 1180. The third kappa shape index (κ3) is 6.03. The van der Waals surface area contributed by atoms with E-state index < -0.39 is 6.10 Å². The topological polar surface area (TPSA) is 55.1 Å². The van der Waals surface area contributed by atoms with Crippen molar-refractivity contribution in [3.8, 4) is 5.69 Å². The van der Waals surface area contributed by atoms with Gasteiger partial charge in [-0.15, -0.1) is 0 Å². The van der Waals surface area contributed by atoms with Gasteiger partial charge in [-0.2, -0.15) is 0 Å². The van der Waals surface area contributed by atoms with Crippen molar-refractivity contribution in [2.45, 2.75) is 110 Å². The maximum atomic E-state index is 13.5. The number of hydrogen-bond acceptors (Lipinski definition) is 3. The number of aromatic nitrogens is 2. The molecule has 188 valence electrons. The van der Waals surface area contributed by atoms with Gasteiger partial charge in [0.05, 0.1) is 16.6 Å². The van der Waals surface area contributed by atoms with E-state index in [0.717, 1.165) is 36.9 Å². The Hall–Kier alpha value is -2.46. The molecule has 0 bridgehead atoms. The summed E-state index contributed by atoms with van der Waals surface area (Å²) in [6.07, 6.45) is 16.3. The summed E-state index contributed by atoms with van der Waals surface area (Å²) in [6, 6.07) is 12.2. The van der Waals surface area contributed by atoms with Crippen LogP contribution in [0.1, 0.15) is 120 Å². The number of benzene rings is 2. The maximum absolute atomic E-state index is 13.5. The molecule has 1 atom stereocenters. The highest BCUT2D eigenvalue weighted by molar-refractivity contribution is 5.79. The lowest BCUT2D eigenvalue weighted by atomic mass is 10.0. The monoisotopic (exact) mass is 474 g/mol. The van der Waals surface area contributed by atoms with E-state index in [0.29, 0.717) is 16.7 Å². The van der Waals surface area contributed by atoms with Crippen molar-refractivity contribution in [2.24, 2.45) is 0 Å². The van der Waals surface area contributed by atoms with Crippen LogP contribution in [0.25, 0.3) is 16.6 Å². The Balaban J connectivity index is 1.49. The molecule has 0 aliphatic carbocycles. The van der Waals surface area contributed by atoms with E-state index in [1.165, 1.54) is 75.3 Å². The van der Waals surface area contributed by atoms with Gasteiger partial charge in [0.2, 0.25) is 0 Å². The van der Waals surface area contributed by atoms with Gasteiger partial charge >= 0.3 is 0 Å². The van der Waals surface area contributed by atoms with Crippen LogP contribution in [0.4, 0.5) is 0 Å². The highest BCUT2D eigenvalue weighted by atomic mass is 16.3. The highest BCUT2D eigenvalue weighted by Crippen LogP contribution is 2.35. The standard InChI is InChI=1S/C31H42N2O2/c1-3-5-7-9-11-13-15-23-17-19-27-25(21-23)31(35)33-28-20-18-24(16-14-12-10-8-6-4-2)22-26(28)29(34)30(33)32-27/h17-22,29,34H,3-16H2,1-2H3. The SMILES string of the molecule is CCCCCCCCc1ccc2c(c1)C(O)c1nc3ccc(CCCCCCCC)cc3c(=O)n1-2. The first-order valence-corrected chi connectivity index (χ1v) is 14.0. The molecule has 0 saturated carbocycles. The fourth-order valence-corrected chi connectivity index (χ4v) is 5.36. The summed E-state index contributed by atoms with van der Waals surface area (Å²) in [5.74, 6) is 0.442. The summed E-state index contributed by atoms with van der Waals surface area (Å²) in [5.41, 5.74) is 4.61. The number of unbranched alkanes of at least 4 members (excludes halogenated alkanes) is 10. The number of aliphatic hydroxyl groups is 1. The third-order valence-corrected chi connectivity index (χ3v) is 7.47. The Kier molecular flexibility index (Phi) is 9.14. The average Bonchev–Trinajstić information content (AvgIpc) is 3.15. The van der Waals surface area contributed by atoms with E-state index in [1.54, 1.807) is 4.57 Å². The van der Waals surface area contributed by atoms with Crippen molar-refractivity contribution < 1.29 is 5.11 Å². The predicted octanol–water partition coefficient (Wildman–Crippen LogP) is 7.59. The van der Waals surface area contributed by atoms with Gasteiger partial charge in [0.1, 0.15) is 6.10 Å². The molecule has 1 aliphatic rings. The number of hydrogen-bond donors (Lipinski definition) is 1. The number of nitrogens with zero attached hydrogens (tertiary/aromatic N) is 2. The molecule has 1 aromatic heterocycles. The first-order chi connectivity index (χ1) is 17.1. The largest absolute Gasteiger partial charge is 0.380 e. The van der Waals surface area contributed by atoms with Gasteiger partial charge in [-0.1, -0.05) is 96.3 Å². The van der Waals surface area contributed by atoms with Crippen LogP contribution >= 0.6 is 0 Å². The third-order valence-electron chi connectivity index (χ3n) is 7.47. The molecule has 1 N–H and O–H groups in total. The van der Waals surface area contributed by atoms with E-state index in [9.17, 15) is 9.90 Å². The van der Waals surface area contributed by atoms with Crippen LogP contribution < -0.4 is 5.56 Å². The minimum atomic E-state index is -0.852. The average molecular weight is 475 g/mol. The van der Waals surface area contributed by atoms with Crippen molar-refractivity contribution in [1.29, 1.82) is 0 Å². The summed E-state index contributed by atoms with van der Waals surface area (Å²) in [4.78, 5) is 18.3. The van der Waals surface area contributed by atoms with Gasteiger partial charge in [0.25, 0.3) is 5.56 Å². The molecule has 0 fully saturated rings. The Morgan fingerprint density at radius 2 is 1.34 bits per heavy atom. The Labute approximate surface area is 210 Å². The molecular weight excluding hydrogens is 432 g/mol. The van der Waals surface area contributed by atoms with Gasteiger partial charge < -0.3 is 5.11 Å². The molecule has 0 amide bonds. The maximum Gasteiger partial charge on any atom is 0.266 e. The molecule has 4 nitrogen and oxygen atoms in total. The molecule has 35 heavy (non-hydrogen) atoms. The minimum Gasteiger partial charge on any atom is -0.380 e. The fraction of sp³-hybridized carbons (Fsp3) is 0.548. The van der Waals surface area contributed by atoms with Gasteiger partial charge in [-0.3, -0.25) is 9.36 Å². The van der Waals surface area contributed by atoms with Gasteiger partial charge in [-0.05, 0) is 55.0 Å². The molecule has 0 saturated heterocycles. The molecule has 0 radical (unpaired) electrons. The van der Waals surface area contributed by atoms with Crippen LogP contribution in [0.15, 0.2) is 41.2 Å². The molecule has 2 heterocycles. The molecule has 3 aromatic rings. The number of rotatable bonds is 14. The molecule has 1 aliphatic heterocycles. The van der Waals surface area contributed by atoms with E-state index >= 15 is 0 Å². The van der Waals surface area contributed by atoms with Crippen molar-refractivity contribution in [1.82, 2.24) is 9.55 Å². The van der Waals surface area contributed by atoms with Crippen LogP contribution in [0.5, 0.6) is 0 Å². The van der Waals surface area contributed by atoms with Crippen LogP contribution in [0.3, 0.4) is 0 Å². The smallest absolute Gasteiger partial charge is 0.266 e. The normalized spacial score (nSPS) is 14.4. The molecule has 0 spiro atoms. The predicted molar refractivity (Wildman–Crippen MR) is 146 cm³/mol. The number of fused-ring (bicyclic) bond motifs is 4. The van der Waals surface area contributed by atoms with Crippen molar-refractivity contribution in [3.63, 3.8) is 0 Å². The fourth-order valence-electron chi connectivity index (χ4n) is 5.36. The summed E-state index contributed by atoms with van der Waals surface area (Å²) in [5, 5.41) is 11.7. The van der Waals surface area contributed by atoms with Gasteiger partial charge in [0.15, 0.2) is 5.82 Å². The zero-order valence-corrected chi connectivity index (χ0v) is 21.7. The lowest BCUT2D eigenvalue weighted by molar-refractivity contribution is 0.216. The summed E-state index contributed by atoms with van der Waals surface area (Å²) < 4.78 is 1.63. The highest BCUT2D eigenvalue weighted by Gasteiger charge is 2.30. The summed E-state index contributed by atoms with van der Waals surface area (Å²) in [6.45, 7) is 4.48. The number of aliphatic hydroxyl groups excluding tert-OH is 1. The van der Waals surface area contributed by atoms with Crippen LogP contribution in [0, 0.1) is 0 Å². The van der Waals surface area contributed by atoms with E-state index in [2.05, 4.69) is 32.0 Å². The second-order valence-electron chi connectivity index (χ2n) is 10.3. The first kappa shape index (κ1) is 25.6. The quantitative estimate of drug-likeness (QED) is 0.245. The van der Waals surface area contributed by atoms with E-state index in [4.69, 9.17) is 4.98 Å². The molecule has 1 unspecified atom stereocenters. The molecule has 4 heteroatoms. The molecular formula is C31H42N2O2. The number of aryl methyl sites for hydroxylation is 2. The minimum absolute atomic E-state index is 0.0729. The van der Waals surface area contributed by atoms with E-state index in [1.807, 2.05) is 18.2 Å². The lowest BCUT2D eigenvalue weighted by Crippen LogP contribution is -2.21. The Morgan fingerprint density at radius 1 is 0.771 bits per heavy atom. The van der Waals surface area contributed by atoms with Gasteiger partial charge in [0, 0.05) is 5.56 Å². The van der Waals surface area contributed by atoms with Gasteiger partial charge in [-0.25, -0.2) is 4.98 Å². The zero-order chi connectivity index (χ0) is 24.6. The van der Waals surface area contributed by atoms with Crippen LogP contribution in [-0.4, -0.2) is 14.7 Å². The van der Waals surface area contributed by atoms with Crippen molar-refractivity contribution in [3.05, 3.63) is 69.3 Å². The zero-order valence-electron chi connectivity index (χ0n) is 21.7. The molecule has 4 rings (SSSR count). The van der Waals surface area contributed by atoms with Crippen LogP contribution in [-0.2, 0) is 12.8 Å². The van der Waals surface area contributed by atoms with Crippen LogP contribution in [0.2, 0.25) is 0 Å². The Morgan fingerprint density at radius 3 is 2.00 bits per heavy atom. The second kappa shape index (κ2) is 12.5. The first-order valence-electron chi connectivity index (χ1n) is 14.0. The summed E-state index contributed by atoms with van der Waals surface area (Å²) in [7, 11) is 0. The van der Waals surface area contributed by atoms with E-state index in [-0.39, 0.29) is 5.56 Å². The molecule has 2 aromatic carbocycles. The lowest BCUT2D eigenvalue weighted by Gasteiger charge is -2.09. The van der Waals surface area contributed by atoms with Crippen molar-refractivity contribution in [2.75, 3.05) is 0 Å². The van der Waals surface area contributed by atoms with Crippen molar-refractivity contribution >= 4 is 10.9 Å². The summed E-state index contributed by atoms with van der Waals surface area (Å²) >= 11 is 0. The second-order valence-corrected chi connectivity index (χ2v) is 10.3.